The van der Waals surface area contributed by atoms with Crippen molar-refractivity contribution in [1.82, 2.24) is 25.3 Å². The number of benzene rings is 2. The number of aromatic carboxylic acids is 1. The Balaban J connectivity index is 1.52. The van der Waals surface area contributed by atoms with Gasteiger partial charge in [0.15, 0.2) is 11.5 Å². The number of hydrogen-bond acceptors (Lipinski definition) is 7. The van der Waals surface area contributed by atoms with Crippen LogP contribution in [-0.2, 0) is 4.79 Å². The molecule has 1 aliphatic rings. The number of nitrogens with two attached hydrogens (primary N) is 1. The highest BCUT2D eigenvalue weighted by molar-refractivity contribution is 6.30. The van der Waals surface area contributed by atoms with Gasteiger partial charge in [-0.3, -0.25) is 14.6 Å². The second-order valence-corrected chi connectivity index (χ2v) is 10.5. The van der Waals surface area contributed by atoms with E-state index in [1.165, 1.54) is 28.9 Å². The number of hydrogen-bond donors (Lipinski definition) is 4. The third-order valence-corrected chi connectivity index (χ3v) is 7.57. The van der Waals surface area contributed by atoms with E-state index in [1.54, 1.807) is 38.2 Å². The number of amides is 2. The molecule has 2 aromatic heterocycles. The quantitative estimate of drug-likeness (QED) is 0.242. The van der Waals surface area contributed by atoms with Crippen molar-refractivity contribution in [2.75, 3.05) is 11.1 Å². The number of anilines is 2. The number of halogens is 2. The fourth-order valence-corrected chi connectivity index (χ4v) is 5.08. The first-order valence-corrected chi connectivity index (χ1v) is 13.5. The molecule has 13 heteroatoms. The highest BCUT2D eigenvalue weighted by Crippen LogP contribution is 2.35. The van der Waals surface area contributed by atoms with Crippen molar-refractivity contribution < 1.29 is 23.9 Å². The van der Waals surface area contributed by atoms with Crippen LogP contribution in [-0.4, -0.2) is 42.9 Å². The van der Waals surface area contributed by atoms with Crippen LogP contribution in [0.5, 0.6) is 0 Å². The third-order valence-electron chi connectivity index (χ3n) is 7.28. The Labute approximate surface area is 244 Å². The maximum absolute atomic E-state index is 14.6. The fourth-order valence-electron chi connectivity index (χ4n) is 4.91. The van der Waals surface area contributed by atoms with E-state index in [2.05, 4.69) is 25.9 Å². The van der Waals surface area contributed by atoms with Gasteiger partial charge >= 0.3 is 5.97 Å². The van der Waals surface area contributed by atoms with E-state index in [4.69, 9.17) is 17.3 Å². The zero-order valence-electron chi connectivity index (χ0n) is 22.7. The standard InChI is InChI=1S/C29H27ClFN7O4/c1-14-5-3-7-21(34-28(40)26-15(2)38(37-36-26)24-8-4-6-19(30)25(24)31)23-11-16(9-10-33-23)17-12-18(29(41)42)20(32)13-22(17)35-27(14)39/h4,6,8-14,21H,3,5,7,32H2,1-2H3,(H,34,40)(H,35,39)(H,41,42)/t14-,21+/m1/s1. The monoisotopic (exact) mass is 591 g/mol. The third kappa shape index (κ3) is 5.53. The van der Waals surface area contributed by atoms with Crippen LogP contribution in [0.3, 0.4) is 0 Å². The Hall–Kier alpha value is -4.84. The molecule has 0 aliphatic carbocycles. The average Bonchev–Trinajstić information content (AvgIpc) is 3.34. The van der Waals surface area contributed by atoms with Crippen LogP contribution in [0.2, 0.25) is 5.02 Å². The van der Waals surface area contributed by atoms with Crippen LogP contribution in [0.4, 0.5) is 15.8 Å². The first kappa shape index (κ1) is 28.7. The number of rotatable bonds is 4. The number of pyridine rings is 1. The largest absolute Gasteiger partial charge is 0.478 e. The molecular weight excluding hydrogens is 565 g/mol. The number of nitrogens with one attached hydrogen (secondary N) is 2. The summed E-state index contributed by atoms with van der Waals surface area (Å²) in [6, 6.07) is 10.1. The predicted octanol–water partition coefficient (Wildman–Crippen LogP) is 4.94. The Bertz CT molecular complexity index is 1720. The molecule has 11 nitrogen and oxygen atoms in total. The van der Waals surface area contributed by atoms with Crippen LogP contribution >= 0.6 is 11.6 Å². The van der Waals surface area contributed by atoms with Gasteiger partial charge in [-0.25, -0.2) is 13.9 Å². The smallest absolute Gasteiger partial charge is 0.337 e. The molecule has 0 unspecified atom stereocenters. The molecule has 5 rings (SSSR count). The molecule has 2 aromatic carbocycles. The highest BCUT2D eigenvalue weighted by Gasteiger charge is 2.26. The molecule has 0 saturated carbocycles. The minimum absolute atomic E-state index is 0.00341. The Kier molecular flexibility index (Phi) is 7.90. The molecule has 5 N–H and O–H groups in total. The van der Waals surface area contributed by atoms with E-state index in [9.17, 15) is 23.9 Å². The van der Waals surface area contributed by atoms with E-state index < -0.39 is 23.7 Å². The van der Waals surface area contributed by atoms with Gasteiger partial charge in [-0.05, 0) is 61.7 Å². The van der Waals surface area contributed by atoms with Crippen molar-refractivity contribution in [3.63, 3.8) is 0 Å². The number of aromatic nitrogens is 4. The van der Waals surface area contributed by atoms with Crippen LogP contribution in [0.15, 0.2) is 48.7 Å². The van der Waals surface area contributed by atoms with Gasteiger partial charge < -0.3 is 21.5 Å². The molecule has 0 spiro atoms. The Morgan fingerprint density at radius 3 is 2.76 bits per heavy atom. The molecular formula is C29H27ClFN7O4. The van der Waals surface area contributed by atoms with Crippen molar-refractivity contribution in [2.24, 2.45) is 5.92 Å². The summed E-state index contributed by atoms with van der Waals surface area (Å²) in [7, 11) is 0. The second-order valence-electron chi connectivity index (χ2n) is 10.1. The van der Waals surface area contributed by atoms with Crippen molar-refractivity contribution in [3.05, 3.63) is 82.1 Å². The summed E-state index contributed by atoms with van der Waals surface area (Å²) < 4.78 is 15.9. The van der Waals surface area contributed by atoms with Crippen molar-refractivity contribution in [1.29, 1.82) is 0 Å². The van der Waals surface area contributed by atoms with Gasteiger partial charge in [0.25, 0.3) is 5.91 Å². The number of nitrogens with zero attached hydrogens (tertiary/aromatic N) is 4. The van der Waals surface area contributed by atoms with Gasteiger partial charge in [0.1, 0.15) is 5.69 Å². The van der Waals surface area contributed by atoms with Gasteiger partial charge in [-0.2, -0.15) is 0 Å². The summed E-state index contributed by atoms with van der Waals surface area (Å²) in [4.78, 5) is 42.8. The zero-order valence-corrected chi connectivity index (χ0v) is 23.4. The van der Waals surface area contributed by atoms with Crippen molar-refractivity contribution in [3.8, 4) is 16.8 Å². The summed E-state index contributed by atoms with van der Waals surface area (Å²) in [5.74, 6) is -3.06. The lowest BCUT2D eigenvalue weighted by molar-refractivity contribution is -0.119. The van der Waals surface area contributed by atoms with Gasteiger partial charge in [0, 0.05) is 23.4 Å². The van der Waals surface area contributed by atoms with Crippen LogP contribution < -0.4 is 16.4 Å². The molecule has 1 aliphatic heterocycles. The molecule has 4 aromatic rings. The van der Waals surface area contributed by atoms with E-state index in [1.807, 2.05) is 0 Å². The number of fused-ring (bicyclic) bond motifs is 4. The average molecular weight is 592 g/mol. The van der Waals surface area contributed by atoms with Gasteiger partial charge in [0.05, 0.1) is 33.7 Å². The fraction of sp³-hybridized carbons (Fsp3) is 0.241. The molecule has 2 atom stereocenters. The molecule has 3 heterocycles. The summed E-state index contributed by atoms with van der Waals surface area (Å²) in [5, 5.41) is 23.4. The van der Waals surface area contributed by atoms with E-state index in [-0.39, 0.29) is 39.5 Å². The van der Waals surface area contributed by atoms with Crippen LogP contribution in [0, 0.1) is 18.7 Å². The molecule has 0 radical (unpaired) electrons. The van der Waals surface area contributed by atoms with Crippen molar-refractivity contribution >= 4 is 40.8 Å². The first-order chi connectivity index (χ1) is 20.0. The number of carbonyl (C=O) groups is 3. The lowest BCUT2D eigenvalue weighted by atomic mass is 9.94. The molecule has 0 fully saturated rings. The summed E-state index contributed by atoms with van der Waals surface area (Å²) in [5.41, 5.74) is 8.16. The molecule has 216 valence electrons. The zero-order chi connectivity index (χ0) is 30.1. The van der Waals surface area contributed by atoms with E-state index >= 15 is 0 Å². The number of carbonyl (C=O) groups excluding carboxylic acids is 2. The number of nitrogen functional groups attached to an aromatic ring is 1. The summed E-state index contributed by atoms with van der Waals surface area (Å²) >= 11 is 5.92. The Morgan fingerprint density at radius 1 is 1.21 bits per heavy atom. The van der Waals surface area contributed by atoms with Crippen molar-refractivity contribution in [2.45, 2.75) is 39.2 Å². The number of carboxylic acids is 1. The minimum Gasteiger partial charge on any atom is -0.478 e. The maximum Gasteiger partial charge on any atom is 0.337 e. The molecule has 2 amide bonds. The second kappa shape index (κ2) is 11.6. The van der Waals surface area contributed by atoms with Crippen LogP contribution in [0.25, 0.3) is 16.8 Å². The van der Waals surface area contributed by atoms with E-state index in [0.717, 1.165) is 0 Å². The van der Waals surface area contributed by atoms with Gasteiger partial charge in [-0.1, -0.05) is 36.2 Å². The maximum atomic E-state index is 14.6. The van der Waals surface area contributed by atoms with E-state index in [0.29, 0.717) is 47.5 Å². The van der Waals surface area contributed by atoms with Crippen LogP contribution in [0.1, 0.15) is 64.5 Å². The molecule has 2 bridgehead atoms. The lowest BCUT2D eigenvalue weighted by Crippen LogP contribution is -2.30. The minimum atomic E-state index is -1.21. The summed E-state index contributed by atoms with van der Waals surface area (Å²) in [6.07, 6.45) is 3.09. The lowest BCUT2D eigenvalue weighted by Gasteiger charge is -2.22. The van der Waals surface area contributed by atoms with Gasteiger partial charge in [0.2, 0.25) is 5.91 Å². The first-order valence-electron chi connectivity index (χ1n) is 13.2. The Morgan fingerprint density at radius 2 is 2.00 bits per heavy atom. The topological polar surface area (TPSA) is 165 Å². The molecule has 0 saturated heterocycles. The van der Waals surface area contributed by atoms with Gasteiger partial charge in [-0.15, -0.1) is 5.10 Å². The number of carboxylic acid groups (broad SMARTS) is 1. The molecule has 42 heavy (non-hydrogen) atoms. The predicted molar refractivity (Wildman–Crippen MR) is 154 cm³/mol. The highest BCUT2D eigenvalue weighted by atomic mass is 35.5. The normalized spacial score (nSPS) is 16.9. The summed E-state index contributed by atoms with van der Waals surface area (Å²) in [6.45, 7) is 3.38. The SMILES string of the molecule is Cc1c(C(=O)N[C@H]2CCC[C@@H](C)C(=O)Nc3cc(N)c(C(=O)O)cc3-c3ccnc2c3)nnn1-c1cccc(Cl)c1F.